The van der Waals surface area contributed by atoms with Crippen LogP contribution in [0.1, 0.15) is 13.3 Å². The molecule has 1 N–H and O–H groups in total. The molecule has 5 nitrogen and oxygen atoms in total. The number of nitrogens with zero attached hydrogens (tertiary/aromatic N) is 2. The fourth-order valence-electron chi connectivity index (χ4n) is 2.60. The van der Waals surface area contributed by atoms with E-state index >= 15 is 0 Å². The average molecular weight is 310 g/mol. The molecular weight excluding hydrogens is 295 g/mol. The third-order valence-electron chi connectivity index (χ3n) is 3.65. The number of aliphatic carboxylic acids is 1. The van der Waals surface area contributed by atoms with Gasteiger partial charge in [0.1, 0.15) is 5.82 Å². The molecule has 0 saturated carbocycles. The SMILES string of the molecule is CC1(n2c(SCC(=O)O)nc3ccc(F)cc32)CCOC1. The van der Waals surface area contributed by atoms with Gasteiger partial charge in [0.2, 0.25) is 0 Å². The van der Waals surface area contributed by atoms with Gasteiger partial charge in [0.05, 0.1) is 28.9 Å². The van der Waals surface area contributed by atoms with E-state index in [0.29, 0.717) is 29.4 Å². The third kappa shape index (κ3) is 2.63. The van der Waals surface area contributed by atoms with Crippen LogP contribution in [-0.4, -0.2) is 39.6 Å². The molecule has 1 aromatic carbocycles. The highest BCUT2D eigenvalue weighted by atomic mass is 32.2. The van der Waals surface area contributed by atoms with Gasteiger partial charge in [-0.15, -0.1) is 0 Å². The molecule has 1 aliphatic heterocycles. The van der Waals surface area contributed by atoms with Gasteiger partial charge in [0.25, 0.3) is 0 Å². The van der Waals surface area contributed by atoms with Crippen LogP contribution >= 0.6 is 11.8 Å². The normalized spacial score (nSPS) is 22.0. The van der Waals surface area contributed by atoms with E-state index in [9.17, 15) is 9.18 Å². The monoisotopic (exact) mass is 310 g/mol. The van der Waals surface area contributed by atoms with E-state index in [-0.39, 0.29) is 17.1 Å². The Balaban J connectivity index is 2.14. The summed E-state index contributed by atoms with van der Waals surface area (Å²) in [6.45, 7) is 3.17. The fourth-order valence-corrected chi connectivity index (χ4v) is 3.47. The molecule has 0 radical (unpaired) electrons. The first-order valence-corrected chi connectivity index (χ1v) is 7.59. The number of carbonyl (C=O) groups is 1. The molecule has 0 amide bonds. The van der Waals surface area contributed by atoms with Crippen LogP contribution in [0.2, 0.25) is 0 Å². The largest absolute Gasteiger partial charge is 0.481 e. The number of hydrogen-bond donors (Lipinski definition) is 1. The number of benzene rings is 1. The van der Waals surface area contributed by atoms with Crippen molar-refractivity contribution in [3.63, 3.8) is 0 Å². The fraction of sp³-hybridized carbons (Fsp3) is 0.429. The molecule has 21 heavy (non-hydrogen) atoms. The zero-order chi connectivity index (χ0) is 15.0. The number of imidazole rings is 1. The minimum Gasteiger partial charge on any atom is -0.481 e. The second-order valence-electron chi connectivity index (χ2n) is 5.34. The number of rotatable bonds is 4. The van der Waals surface area contributed by atoms with Gasteiger partial charge in [-0.25, -0.2) is 9.37 Å². The molecule has 112 valence electrons. The highest BCUT2D eigenvalue weighted by molar-refractivity contribution is 7.99. The van der Waals surface area contributed by atoms with Crippen LogP contribution in [0, 0.1) is 5.82 Å². The highest BCUT2D eigenvalue weighted by Gasteiger charge is 2.35. The Morgan fingerprint density at radius 2 is 2.43 bits per heavy atom. The molecule has 1 aliphatic rings. The van der Waals surface area contributed by atoms with E-state index in [1.807, 2.05) is 11.5 Å². The van der Waals surface area contributed by atoms with Gasteiger partial charge < -0.3 is 14.4 Å². The number of halogens is 1. The minimum atomic E-state index is -0.905. The predicted octanol–water partition coefficient (Wildman–Crippen LogP) is 2.49. The second-order valence-corrected chi connectivity index (χ2v) is 6.29. The van der Waals surface area contributed by atoms with Crippen LogP contribution in [0.15, 0.2) is 23.4 Å². The van der Waals surface area contributed by atoms with Gasteiger partial charge >= 0.3 is 5.97 Å². The van der Waals surface area contributed by atoms with Gasteiger partial charge in [-0.3, -0.25) is 4.79 Å². The second kappa shape index (κ2) is 5.31. The third-order valence-corrected chi connectivity index (χ3v) is 4.57. The molecule has 2 heterocycles. The highest BCUT2D eigenvalue weighted by Crippen LogP contribution is 2.36. The summed E-state index contributed by atoms with van der Waals surface area (Å²) in [7, 11) is 0. The lowest BCUT2D eigenvalue weighted by atomic mass is 10.0. The molecule has 7 heteroatoms. The summed E-state index contributed by atoms with van der Waals surface area (Å²) in [5, 5.41) is 9.46. The summed E-state index contributed by atoms with van der Waals surface area (Å²) >= 11 is 1.15. The molecule has 1 aromatic heterocycles. The zero-order valence-corrected chi connectivity index (χ0v) is 12.3. The van der Waals surface area contributed by atoms with Crippen LogP contribution in [0.25, 0.3) is 11.0 Å². The van der Waals surface area contributed by atoms with Crippen LogP contribution in [0.3, 0.4) is 0 Å². The first-order valence-electron chi connectivity index (χ1n) is 6.60. The standard InChI is InChI=1S/C14H15FN2O3S/c1-14(4-5-20-8-14)17-11-6-9(15)2-3-10(11)16-13(17)21-7-12(18)19/h2-3,6H,4-5,7-8H2,1H3,(H,18,19). The van der Waals surface area contributed by atoms with Crippen molar-refractivity contribution in [3.05, 3.63) is 24.0 Å². The molecule has 3 rings (SSSR count). The summed E-state index contributed by atoms with van der Waals surface area (Å²) in [5.74, 6) is -1.32. The zero-order valence-electron chi connectivity index (χ0n) is 11.5. The maximum Gasteiger partial charge on any atom is 0.313 e. The van der Waals surface area contributed by atoms with Crippen molar-refractivity contribution in [1.82, 2.24) is 9.55 Å². The number of carboxylic acid groups (broad SMARTS) is 1. The number of fused-ring (bicyclic) bond motifs is 1. The summed E-state index contributed by atoms with van der Waals surface area (Å²) in [4.78, 5) is 15.3. The molecule has 1 unspecified atom stereocenters. The minimum absolute atomic E-state index is 0.0806. The maximum absolute atomic E-state index is 13.6. The van der Waals surface area contributed by atoms with Crippen molar-refractivity contribution in [2.75, 3.05) is 19.0 Å². The lowest BCUT2D eigenvalue weighted by Gasteiger charge is -2.26. The molecule has 1 fully saturated rings. The molecule has 0 spiro atoms. The Bertz CT molecular complexity index is 695. The van der Waals surface area contributed by atoms with Gasteiger partial charge in [-0.2, -0.15) is 0 Å². The van der Waals surface area contributed by atoms with E-state index < -0.39 is 5.97 Å². The number of thioether (sulfide) groups is 1. The van der Waals surface area contributed by atoms with Crippen molar-refractivity contribution in [2.45, 2.75) is 24.0 Å². The predicted molar refractivity (Wildman–Crippen MR) is 77.1 cm³/mol. The Hall–Kier alpha value is -1.60. The molecular formula is C14H15FN2O3S. The number of hydrogen-bond acceptors (Lipinski definition) is 4. The number of carboxylic acids is 1. The summed E-state index contributed by atoms with van der Waals surface area (Å²) in [6, 6.07) is 4.42. The Morgan fingerprint density at radius 1 is 1.62 bits per heavy atom. The average Bonchev–Trinajstić information content (AvgIpc) is 3.00. The Labute approximate surface area is 125 Å². The van der Waals surface area contributed by atoms with Gasteiger partial charge in [-0.05, 0) is 31.5 Å². The van der Waals surface area contributed by atoms with Crippen molar-refractivity contribution >= 4 is 28.8 Å². The lowest BCUT2D eigenvalue weighted by molar-refractivity contribution is -0.133. The van der Waals surface area contributed by atoms with E-state index in [1.54, 1.807) is 6.07 Å². The lowest BCUT2D eigenvalue weighted by Crippen LogP contribution is -2.31. The van der Waals surface area contributed by atoms with Crippen LogP contribution in [0.5, 0.6) is 0 Å². The van der Waals surface area contributed by atoms with Gasteiger partial charge in [-0.1, -0.05) is 11.8 Å². The van der Waals surface area contributed by atoms with Crippen LogP contribution < -0.4 is 0 Å². The quantitative estimate of drug-likeness (QED) is 0.879. The Kier molecular flexibility index (Phi) is 3.62. The van der Waals surface area contributed by atoms with Crippen molar-refractivity contribution in [1.29, 1.82) is 0 Å². The van der Waals surface area contributed by atoms with Gasteiger partial charge in [0, 0.05) is 6.61 Å². The van der Waals surface area contributed by atoms with Crippen molar-refractivity contribution < 1.29 is 19.0 Å². The molecule has 0 bridgehead atoms. The number of aromatic nitrogens is 2. The summed E-state index contributed by atoms with van der Waals surface area (Å²) in [5.41, 5.74) is 1.01. The van der Waals surface area contributed by atoms with E-state index in [2.05, 4.69) is 4.98 Å². The smallest absolute Gasteiger partial charge is 0.313 e. The van der Waals surface area contributed by atoms with E-state index in [0.717, 1.165) is 18.2 Å². The number of ether oxygens (including phenoxy) is 1. The van der Waals surface area contributed by atoms with Gasteiger partial charge in [0.15, 0.2) is 5.16 Å². The molecule has 2 aromatic rings. The van der Waals surface area contributed by atoms with E-state index in [4.69, 9.17) is 9.84 Å². The molecule has 1 atom stereocenters. The first kappa shape index (κ1) is 14.3. The summed E-state index contributed by atoms with van der Waals surface area (Å²) in [6.07, 6.45) is 0.787. The van der Waals surface area contributed by atoms with Crippen LogP contribution in [0.4, 0.5) is 4.39 Å². The van der Waals surface area contributed by atoms with Crippen LogP contribution in [-0.2, 0) is 15.1 Å². The van der Waals surface area contributed by atoms with Crippen molar-refractivity contribution in [2.24, 2.45) is 0 Å². The first-order chi connectivity index (χ1) is 9.99. The summed E-state index contributed by atoms with van der Waals surface area (Å²) < 4.78 is 21.0. The molecule has 1 saturated heterocycles. The Morgan fingerprint density at radius 3 is 3.10 bits per heavy atom. The topological polar surface area (TPSA) is 64.4 Å². The van der Waals surface area contributed by atoms with E-state index in [1.165, 1.54) is 12.1 Å². The molecule has 0 aliphatic carbocycles. The van der Waals surface area contributed by atoms with Crippen molar-refractivity contribution in [3.8, 4) is 0 Å². The maximum atomic E-state index is 13.6.